The minimum absolute atomic E-state index is 0.230. The third kappa shape index (κ3) is 2.86. The summed E-state index contributed by atoms with van der Waals surface area (Å²) in [7, 11) is 0. The van der Waals surface area contributed by atoms with Gasteiger partial charge in [0.15, 0.2) is 0 Å². The van der Waals surface area contributed by atoms with Crippen LogP contribution in [0.2, 0.25) is 0 Å². The van der Waals surface area contributed by atoms with Gasteiger partial charge < -0.3 is 4.74 Å². The lowest BCUT2D eigenvalue weighted by Gasteiger charge is -2.12. The van der Waals surface area contributed by atoms with Gasteiger partial charge >= 0.3 is 0 Å². The van der Waals surface area contributed by atoms with E-state index >= 15 is 0 Å². The Kier molecular flexibility index (Phi) is 3.66. The molecule has 1 aliphatic rings. The van der Waals surface area contributed by atoms with Gasteiger partial charge in [-0.25, -0.2) is 9.23 Å². The molecule has 1 aromatic rings. The van der Waals surface area contributed by atoms with E-state index in [0.717, 1.165) is 6.61 Å². The highest BCUT2D eigenvalue weighted by atomic mass is 35.5. The number of rotatable bonds is 5. The van der Waals surface area contributed by atoms with Crippen molar-refractivity contribution in [2.45, 2.75) is 25.8 Å². The zero-order chi connectivity index (χ0) is 11.5. The third-order valence-corrected chi connectivity index (χ3v) is 3.11. The molecule has 88 valence electrons. The van der Waals surface area contributed by atoms with Gasteiger partial charge in [0.05, 0.1) is 6.61 Å². The molecule has 1 atom stereocenters. The molecule has 0 saturated heterocycles. The van der Waals surface area contributed by atoms with Crippen molar-refractivity contribution < 1.29 is 9.13 Å². The molecule has 0 amide bonds. The van der Waals surface area contributed by atoms with Crippen LogP contribution in [0.5, 0.6) is 5.75 Å². The number of nitrogens with one attached hydrogen (secondary N) is 1. The maximum atomic E-state index is 13.5. The molecule has 2 rings (SSSR count). The molecule has 1 saturated carbocycles. The summed E-state index contributed by atoms with van der Waals surface area (Å²) in [6.07, 6.45) is 2.49. The summed E-state index contributed by atoms with van der Waals surface area (Å²) in [5, 5.41) is 0. The van der Waals surface area contributed by atoms with Crippen molar-refractivity contribution in [1.29, 1.82) is 0 Å². The molecule has 0 aliphatic heterocycles. The van der Waals surface area contributed by atoms with Gasteiger partial charge in [-0.1, -0.05) is 0 Å². The topological polar surface area (TPSA) is 21.3 Å². The number of ether oxygens (including phenoxy) is 1. The second-order valence-electron chi connectivity index (χ2n) is 4.27. The minimum Gasteiger partial charge on any atom is -0.493 e. The quantitative estimate of drug-likeness (QED) is 0.801. The molecule has 2 nitrogen and oxygen atoms in total. The van der Waals surface area contributed by atoms with E-state index in [4.69, 9.17) is 16.5 Å². The van der Waals surface area contributed by atoms with Gasteiger partial charge in [-0.15, -0.1) is 0 Å². The molecular formula is C12H15ClFNO. The summed E-state index contributed by atoms with van der Waals surface area (Å²) < 4.78 is 19.0. The van der Waals surface area contributed by atoms with E-state index in [-0.39, 0.29) is 11.9 Å². The van der Waals surface area contributed by atoms with E-state index in [1.54, 1.807) is 19.1 Å². The van der Waals surface area contributed by atoms with Crippen LogP contribution in [0.3, 0.4) is 0 Å². The zero-order valence-electron chi connectivity index (χ0n) is 9.17. The van der Waals surface area contributed by atoms with Gasteiger partial charge in [-0.3, -0.25) is 0 Å². The van der Waals surface area contributed by atoms with E-state index in [1.165, 1.54) is 18.9 Å². The first-order valence-corrected chi connectivity index (χ1v) is 5.87. The average molecular weight is 244 g/mol. The van der Waals surface area contributed by atoms with Crippen molar-refractivity contribution in [3.05, 3.63) is 29.6 Å². The van der Waals surface area contributed by atoms with Crippen LogP contribution in [0.4, 0.5) is 4.39 Å². The van der Waals surface area contributed by atoms with Crippen molar-refractivity contribution in [2.24, 2.45) is 5.92 Å². The molecule has 0 unspecified atom stereocenters. The van der Waals surface area contributed by atoms with Crippen LogP contribution in [-0.4, -0.2) is 6.61 Å². The Hall–Kier alpha value is -0.800. The third-order valence-electron chi connectivity index (χ3n) is 2.78. The Morgan fingerprint density at radius 3 is 2.94 bits per heavy atom. The SMILES string of the molecule is C[C@H](NCl)c1cc(OCC2CC2)ccc1F. The summed E-state index contributed by atoms with van der Waals surface area (Å²) >= 11 is 5.49. The van der Waals surface area contributed by atoms with Crippen LogP contribution in [0, 0.1) is 11.7 Å². The van der Waals surface area contributed by atoms with Crippen LogP contribution in [0.1, 0.15) is 31.4 Å². The summed E-state index contributed by atoms with van der Waals surface area (Å²) in [5.74, 6) is 1.14. The van der Waals surface area contributed by atoms with E-state index in [0.29, 0.717) is 17.2 Å². The highest BCUT2D eigenvalue weighted by Gasteiger charge is 2.22. The monoisotopic (exact) mass is 243 g/mol. The Balaban J connectivity index is 2.07. The maximum Gasteiger partial charge on any atom is 0.128 e. The van der Waals surface area contributed by atoms with Crippen molar-refractivity contribution in [3.8, 4) is 5.75 Å². The van der Waals surface area contributed by atoms with E-state index in [9.17, 15) is 4.39 Å². The number of halogens is 2. The standard InChI is InChI=1S/C12H15ClFNO/c1-8(15-13)11-6-10(4-5-12(11)14)16-7-9-2-3-9/h4-6,8-9,15H,2-3,7H2,1H3/t8-/m0/s1. The molecule has 16 heavy (non-hydrogen) atoms. The summed E-state index contributed by atoms with van der Waals surface area (Å²) in [4.78, 5) is 2.50. The normalized spacial score (nSPS) is 17.2. The van der Waals surface area contributed by atoms with E-state index in [1.807, 2.05) is 0 Å². The van der Waals surface area contributed by atoms with Gasteiger partial charge in [0, 0.05) is 11.6 Å². The Bertz CT molecular complexity index is 368. The first kappa shape index (κ1) is 11.7. The van der Waals surface area contributed by atoms with Crippen molar-refractivity contribution in [2.75, 3.05) is 6.61 Å². The smallest absolute Gasteiger partial charge is 0.128 e. The highest BCUT2D eigenvalue weighted by Crippen LogP contribution is 2.30. The van der Waals surface area contributed by atoms with Crippen molar-refractivity contribution in [1.82, 2.24) is 4.84 Å². The van der Waals surface area contributed by atoms with Gasteiger partial charge in [0.25, 0.3) is 0 Å². The maximum absolute atomic E-state index is 13.5. The summed E-state index contributed by atoms with van der Waals surface area (Å²) in [5.41, 5.74) is 0.531. The molecule has 0 radical (unpaired) electrons. The Morgan fingerprint density at radius 2 is 2.31 bits per heavy atom. The zero-order valence-corrected chi connectivity index (χ0v) is 9.93. The fourth-order valence-corrected chi connectivity index (χ4v) is 1.62. The number of benzene rings is 1. The first-order chi connectivity index (χ1) is 7.70. The molecule has 1 N–H and O–H groups in total. The van der Waals surface area contributed by atoms with Crippen LogP contribution in [-0.2, 0) is 0 Å². The molecule has 0 bridgehead atoms. The van der Waals surface area contributed by atoms with Crippen LogP contribution < -0.4 is 9.57 Å². The lowest BCUT2D eigenvalue weighted by molar-refractivity contribution is 0.298. The second kappa shape index (κ2) is 5.02. The van der Waals surface area contributed by atoms with Gasteiger partial charge in [0.1, 0.15) is 11.6 Å². The lowest BCUT2D eigenvalue weighted by atomic mass is 10.1. The van der Waals surface area contributed by atoms with Crippen LogP contribution in [0.15, 0.2) is 18.2 Å². The largest absolute Gasteiger partial charge is 0.493 e. The minimum atomic E-state index is -0.264. The first-order valence-electron chi connectivity index (χ1n) is 5.49. The van der Waals surface area contributed by atoms with Crippen molar-refractivity contribution >= 4 is 11.8 Å². The number of hydrogen-bond acceptors (Lipinski definition) is 2. The molecule has 1 aliphatic carbocycles. The fraction of sp³-hybridized carbons (Fsp3) is 0.500. The molecule has 0 heterocycles. The van der Waals surface area contributed by atoms with Crippen LogP contribution in [0.25, 0.3) is 0 Å². The van der Waals surface area contributed by atoms with Gasteiger partial charge in [-0.05, 0) is 55.7 Å². The van der Waals surface area contributed by atoms with Gasteiger partial charge in [-0.2, -0.15) is 0 Å². The molecular weight excluding hydrogens is 229 g/mol. The lowest BCUT2D eigenvalue weighted by Crippen LogP contribution is -2.09. The molecule has 0 aromatic heterocycles. The van der Waals surface area contributed by atoms with Crippen LogP contribution >= 0.6 is 11.8 Å². The average Bonchev–Trinajstić information content (AvgIpc) is 3.11. The van der Waals surface area contributed by atoms with E-state index in [2.05, 4.69) is 4.84 Å². The van der Waals surface area contributed by atoms with Gasteiger partial charge in [0.2, 0.25) is 0 Å². The Labute approximate surface area is 99.9 Å². The van der Waals surface area contributed by atoms with E-state index < -0.39 is 0 Å². The molecule has 1 aromatic carbocycles. The predicted octanol–water partition coefficient (Wildman–Crippen LogP) is 3.42. The Morgan fingerprint density at radius 1 is 1.56 bits per heavy atom. The summed E-state index contributed by atoms with van der Waals surface area (Å²) in [6.45, 7) is 2.53. The molecule has 1 fully saturated rings. The second-order valence-corrected chi connectivity index (χ2v) is 4.49. The summed E-state index contributed by atoms with van der Waals surface area (Å²) in [6, 6.07) is 4.55. The molecule has 0 spiro atoms. The number of hydrogen-bond donors (Lipinski definition) is 1. The fourth-order valence-electron chi connectivity index (χ4n) is 1.50. The molecule has 4 heteroatoms. The highest BCUT2D eigenvalue weighted by molar-refractivity contribution is 6.13. The van der Waals surface area contributed by atoms with Crippen molar-refractivity contribution in [3.63, 3.8) is 0 Å². The predicted molar refractivity (Wildman–Crippen MR) is 62.0 cm³/mol.